The first kappa shape index (κ1) is 12.5. The number of carboxylic acids is 1. The lowest BCUT2D eigenvalue weighted by Gasteiger charge is -2.22. The van der Waals surface area contributed by atoms with E-state index in [4.69, 9.17) is 4.74 Å². The molecule has 0 amide bonds. The fourth-order valence-electron chi connectivity index (χ4n) is 1.68. The second-order valence-electron chi connectivity index (χ2n) is 3.95. The van der Waals surface area contributed by atoms with Gasteiger partial charge in [0, 0.05) is 5.56 Å². The third kappa shape index (κ3) is 2.52. The van der Waals surface area contributed by atoms with Crippen LogP contribution in [0.25, 0.3) is 0 Å². The fourth-order valence-corrected chi connectivity index (χ4v) is 1.68. The number of aliphatic carboxylic acids is 1. The number of hydrogen-bond donors (Lipinski definition) is 1. The van der Waals surface area contributed by atoms with Crippen LogP contribution in [0.1, 0.15) is 17.2 Å². The van der Waals surface area contributed by atoms with E-state index in [1.807, 2.05) is 19.1 Å². The molecule has 0 heterocycles. The average Bonchev–Trinajstić information content (AvgIpc) is 2.19. The van der Waals surface area contributed by atoms with Crippen LogP contribution in [0.15, 0.2) is 18.2 Å². The third-order valence-electron chi connectivity index (χ3n) is 2.43. The minimum absolute atomic E-state index is 0.612. The van der Waals surface area contributed by atoms with Gasteiger partial charge < -0.3 is 9.84 Å². The van der Waals surface area contributed by atoms with E-state index in [9.17, 15) is 9.90 Å². The number of aryl methyl sites for hydroxylation is 1. The Morgan fingerprint density at radius 1 is 1.44 bits per heavy atom. The Morgan fingerprint density at radius 2 is 2.06 bits per heavy atom. The topological polar surface area (TPSA) is 49.8 Å². The highest BCUT2D eigenvalue weighted by molar-refractivity contribution is 5.76. The molecule has 0 aliphatic heterocycles. The van der Waals surface area contributed by atoms with Gasteiger partial charge in [-0.1, -0.05) is 12.1 Å². The smallest absolute Gasteiger partial charge is 0.325 e. The van der Waals surface area contributed by atoms with Crippen LogP contribution in [-0.4, -0.2) is 37.2 Å². The Morgan fingerprint density at radius 3 is 2.50 bits per heavy atom. The van der Waals surface area contributed by atoms with Crippen LogP contribution in [0, 0.1) is 6.92 Å². The first-order chi connectivity index (χ1) is 7.47. The maximum atomic E-state index is 11.2. The summed E-state index contributed by atoms with van der Waals surface area (Å²) >= 11 is 0. The van der Waals surface area contributed by atoms with E-state index in [1.165, 1.54) is 0 Å². The predicted octanol–water partition coefficient (Wildman–Crippen LogP) is 1.69. The maximum Gasteiger partial charge on any atom is 0.325 e. The summed E-state index contributed by atoms with van der Waals surface area (Å²) in [5.41, 5.74) is 1.72. The zero-order chi connectivity index (χ0) is 12.3. The van der Waals surface area contributed by atoms with Gasteiger partial charge in [-0.3, -0.25) is 9.69 Å². The summed E-state index contributed by atoms with van der Waals surface area (Å²) < 4.78 is 5.22. The lowest BCUT2D eigenvalue weighted by Crippen LogP contribution is -2.27. The van der Waals surface area contributed by atoms with Crippen molar-refractivity contribution in [2.75, 3.05) is 21.2 Å². The van der Waals surface area contributed by atoms with Crippen molar-refractivity contribution in [3.05, 3.63) is 29.3 Å². The molecule has 1 N–H and O–H groups in total. The number of nitrogens with zero attached hydrogens (tertiary/aromatic N) is 1. The largest absolute Gasteiger partial charge is 0.496 e. The molecule has 0 fully saturated rings. The first-order valence-electron chi connectivity index (χ1n) is 5.01. The van der Waals surface area contributed by atoms with Gasteiger partial charge in [-0.2, -0.15) is 0 Å². The van der Waals surface area contributed by atoms with Crippen LogP contribution >= 0.6 is 0 Å². The highest BCUT2D eigenvalue weighted by atomic mass is 16.5. The summed E-state index contributed by atoms with van der Waals surface area (Å²) in [6.07, 6.45) is 0. The molecule has 1 aromatic rings. The molecule has 88 valence electrons. The van der Waals surface area contributed by atoms with E-state index < -0.39 is 12.0 Å². The van der Waals surface area contributed by atoms with Crippen LogP contribution < -0.4 is 4.74 Å². The van der Waals surface area contributed by atoms with Crippen molar-refractivity contribution in [3.8, 4) is 5.75 Å². The fraction of sp³-hybridized carbons (Fsp3) is 0.417. The molecule has 4 heteroatoms. The zero-order valence-electron chi connectivity index (χ0n) is 10.0. The average molecular weight is 223 g/mol. The van der Waals surface area contributed by atoms with Crippen LogP contribution in [0.2, 0.25) is 0 Å². The molecule has 0 aliphatic carbocycles. The van der Waals surface area contributed by atoms with Crippen molar-refractivity contribution >= 4 is 5.97 Å². The van der Waals surface area contributed by atoms with Crippen molar-refractivity contribution < 1.29 is 14.6 Å². The summed E-state index contributed by atoms with van der Waals surface area (Å²) in [5, 5.41) is 9.19. The van der Waals surface area contributed by atoms with E-state index in [0.29, 0.717) is 11.3 Å². The third-order valence-corrected chi connectivity index (χ3v) is 2.43. The molecule has 0 radical (unpaired) electrons. The second-order valence-corrected chi connectivity index (χ2v) is 3.95. The van der Waals surface area contributed by atoms with Gasteiger partial charge in [0.25, 0.3) is 0 Å². The van der Waals surface area contributed by atoms with Gasteiger partial charge in [-0.25, -0.2) is 0 Å². The standard InChI is InChI=1S/C12H17NO3/c1-8-5-6-9(10(7-8)16-4)11(12(14)15)13(2)3/h5-7,11H,1-4H3,(H,14,15). The highest BCUT2D eigenvalue weighted by Gasteiger charge is 2.25. The van der Waals surface area contributed by atoms with Crippen molar-refractivity contribution in [3.63, 3.8) is 0 Å². The molecule has 1 atom stereocenters. The van der Waals surface area contributed by atoms with E-state index in [-0.39, 0.29) is 0 Å². The van der Waals surface area contributed by atoms with Crippen molar-refractivity contribution in [1.29, 1.82) is 0 Å². The van der Waals surface area contributed by atoms with E-state index in [1.54, 1.807) is 32.2 Å². The number of methoxy groups -OCH3 is 1. The van der Waals surface area contributed by atoms with Crippen LogP contribution in [-0.2, 0) is 4.79 Å². The molecular weight excluding hydrogens is 206 g/mol. The van der Waals surface area contributed by atoms with Crippen LogP contribution in [0.3, 0.4) is 0 Å². The Labute approximate surface area is 95.5 Å². The monoisotopic (exact) mass is 223 g/mol. The Hall–Kier alpha value is -1.55. The van der Waals surface area contributed by atoms with Crippen molar-refractivity contribution in [2.24, 2.45) is 0 Å². The quantitative estimate of drug-likeness (QED) is 0.844. The molecule has 0 saturated carbocycles. The molecular formula is C12H17NO3. The van der Waals surface area contributed by atoms with E-state index in [2.05, 4.69) is 0 Å². The van der Waals surface area contributed by atoms with Crippen LogP contribution in [0.5, 0.6) is 5.75 Å². The normalized spacial score (nSPS) is 12.6. The van der Waals surface area contributed by atoms with Crippen LogP contribution in [0.4, 0.5) is 0 Å². The number of likely N-dealkylation sites (N-methyl/N-ethyl adjacent to an activating group) is 1. The van der Waals surface area contributed by atoms with E-state index in [0.717, 1.165) is 5.56 Å². The second kappa shape index (κ2) is 4.99. The minimum atomic E-state index is -0.882. The molecule has 0 aromatic heterocycles. The number of benzene rings is 1. The van der Waals surface area contributed by atoms with Gasteiger partial charge in [0.15, 0.2) is 0 Å². The van der Waals surface area contributed by atoms with Gasteiger partial charge >= 0.3 is 5.97 Å². The lowest BCUT2D eigenvalue weighted by molar-refractivity contribution is -0.142. The maximum absolute atomic E-state index is 11.2. The van der Waals surface area contributed by atoms with Gasteiger partial charge in [0.05, 0.1) is 7.11 Å². The number of carbonyl (C=O) groups is 1. The molecule has 1 rings (SSSR count). The molecule has 4 nitrogen and oxygen atoms in total. The number of rotatable bonds is 4. The summed E-state index contributed by atoms with van der Waals surface area (Å²) in [5.74, 6) is -0.270. The minimum Gasteiger partial charge on any atom is -0.496 e. The van der Waals surface area contributed by atoms with Crippen molar-refractivity contribution in [2.45, 2.75) is 13.0 Å². The zero-order valence-corrected chi connectivity index (χ0v) is 10.0. The Balaban J connectivity index is 3.23. The lowest BCUT2D eigenvalue weighted by atomic mass is 10.0. The SMILES string of the molecule is COc1cc(C)ccc1C(C(=O)O)N(C)C. The molecule has 0 spiro atoms. The summed E-state index contributed by atoms with van der Waals surface area (Å²) in [6.45, 7) is 1.94. The van der Waals surface area contributed by atoms with E-state index >= 15 is 0 Å². The number of carboxylic acid groups (broad SMARTS) is 1. The van der Waals surface area contributed by atoms with Crippen molar-refractivity contribution in [1.82, 2.24) is 4.90 Å². The van der Waals surface area contributed by atoms with Gasteiger partial charge in [-0.05, 0) is 32.6 Å². The number of hydrogen-bond acceptors (Lipinski definition) is 3. The molecule has 1 aromatic carbocycles. The predicted molar refractivity (Wildman–Crippen MR) is 61.8 cm³/mol. The molecule has 0 bridgehead atoms. The summed E-state index contributed by atoms with van der Waals surface area (Å²) in [7, 11) is 5.02. The van der Waals surface area contributed by atoms with Gasteiger partial charge in [0.2, 0.25) is 0 Å². The summed E-state index contributed by atoms with van der Waals surface area (Å²) in [4.78, 5) is 12.8. The molecule has 0 saturated heterocycles. The first-order valence-corrected chi connectivity index (χ1v) is 5.01. The summed E-state index contributed by atoms with van der Waals surface area (Å²) in [6, 6.07) is 4.84. The molecule has 1 unspecified atom stereocenters. The van der Waals surface area contributed by atoms with Gasteiger partial charge in [0.1, 0.15) is 11.8 Å². The van der Waals surface area contributed by atoms with Gasteiger partial charge in [-0.15, -0.1) is 0 Å². The number of ether oxygens (including phenoxy) is 1. The Kier molecular flexibility index (Phi) is 3.90. The Bertz CT molecular complexity index is 388. The molecule has 0 aliphatic rings. The highest BCUT2D eigenvalue weighted by Crippen LogP contribution is 2.29. The molecule has 16 heavy (non-hydrogen) atoms.